The Morgan fingerprint density at radius 1 is 0.971 bits per heavy atom. The molecule has 2 aromatic heterocycles. The molecule has 3 heterocycles. The van der Waals surface area contributed by atoms with Gasteiger partial charge in [-0.2, -0.15) is 0 Å². The molecule has 0 aliphatic carbocycles. The highest BCUT2D eigenvalue weighted by atomic mass is 19.1. The topological polar surface area (TPSA) is 139 Å². The second kappa shape index (κ2) is 8.70. The summed E-state index contributed by atoms with van der Waals surface area (Å²) < 4.78 is 34.1. The minimum atomic E-state index is -1.52. The fourth-order valence-electron chi connectivity index (χ4n) is 4.09. The Kier molecular flexibility index (Phi) is 5.71. The third kappa shape index (κ3) is 3.89. The summed E-state index contributed by atoms with van der Waals surface area (Å²) in [6.45, 7) is 0. The number of aliphatic hydroxyl groups excluding tert-OH is 3. The maximum Gasteiger partial charge on any atom is 0.164 e. The molecule has 5 atom stereocenters. The van der Waals surface area contributed by atoms with Crippen molar-refractivity contribution in [3.05, 3.63) is 72.7 Å². The monoisotopic (exact) mass is 469 g/mol. The minimum absolute atomic E-state index is 0.336. The molecule has 1 aliphatic heterocycles. The number of ether oxygens (including phenoxy) is 1. The Balaban J connectivity index is 1.67. The van der Waals surface area contributed by atoms with Gasteiger partial charge in [0, 0.05) is 17.4 Å². The molecule has 176 valence electrons. The maximum atomic E-state index is 13.6. The predicted octanol–water partition coefficient (Wildman–Crippen LogP) is 2.02. The van der Waals surface area contributed by atoms with E-state index in [1.54, 1.807) is 30.5 Å². The Labute approximate surface area is 192 Å². The molecule has 2 aromatic carbocycles. The zero-order valence-electron chi connectivity index (χ0n) is 17.6. The van der Waals surface area contributed by atoms with Crippen molar-refractivity contribution in [1.29, 1.82) is 0 Å². The van der Waals surface area contributed by atoms with Gasteiger partial charge in [-0.3, -0.25) is 0 Å². The first-order chi connectivity index (χ1) is 16.3. The van der Waals surface area contributed by atoms with Crippen molar-refractivity contribution in [2.24, 2.45) is 5.73 Å². The lowest BCUT2D eigenvalue weighted by Crippen LogP contribution is -2.43. The van der Waals surface area contributed by atoms with E-state index in [9.17, 15) is 24.1 Å². The Hall–Kier alpha value is -3.48. The lowest BCUT2D eigenvalue weighted by molar-refractivity contribution is -0.0811. The predicted molar refractivity (Wildman–Crippen MR) is 119 cm³/mol. The van der Waals surface area contributed by atoms with Gasteiger partial charge in [-0.1, -0.05) is 12.1 Å². The fourth-order valence-corrected chi connectivity index (χ4v) is 4.09. The summed E-state index contributed by atoms with van der Waals surface area (Å²) >= 11 is 0. The van der Waals surface area contributed by atoms with Gasteiger partial charge < -0.3 is 35.7 Å². The van der Waals surface area contributed by atoms with E-state index in [-0.39, 0.29) is 5.82 Å². The van der Waals surface area contributed by atoms with E-state index in [1.807, 2.05) is 0 Å². The van der Waals surface area contributed by atoms with Crippen molar-refractivity contribution >= 4 is 22.5 Å². The zero-order chi connectivity index (χ0) is 24.0. The summed E-state index contributed by atoms with van der Waals surface area (Å²) in [5.74, 6) is -0.428. The van der Waals surface area contributed by atoms with Gasteiger partial charge in [-0.25, -0.2) is 18.7 Å². The van der Waals surface area contributed by atoms with Crippen LogP contribution < -0.4 is 11.1 Å². The van der Waals surface area contributed by atoms with Gasteiger partial charge in [0.25, 0.3) is 0 Å². The molecule has 11 heteroatoms. The normalized spacial score (nSPS) is 23.4. The van der Waals surface area contributed by atoms with Gasteiger partial charge in [0.05, 0.1) is 5.39 Å². The molecule has 9 nitrogen and oxygen atoms in total. The number of halogens is 2. The first-order valence-electron chi connectivity index (χ1n) is 10.4. The SMILES string of the molecule is NC(O)[C@@H]1O[C@@H](n2cc(-c3ccc(F)cc3)c3c(Nc4ccc(F)cc4)ncnc32)[C@H](O)[C@@H]1O. The first-order valence-corrected chi connectivity index (χ1v) is 10.4. The quantitative estimate of drug-likeness (QED) is 0.280. The van der Waals surface area contributed by atoms with Crippen molar-refractivity contribution in [3.8, 4) is 11.1 Å². The fraction of sp³-hybridized carbons (Fsp3) is 0.217. The molecule has 1 unspecified atom stereocenters. The molecule has 0 radical (unpaired) electrons. The van der Waals surface area contributed by atoms with Crippen molar-refractivity contribution in [2.75, 3.05) is 5.32 Å². The summed E-state index contributed by atoms with van der Waals surface area (Å²) in [5, 5.41) is 34.3. The van der Waals surface area contributed by atoms with Crippen molar-refractivity contribution in [1.82, 2.24) is 14.5 Å². The minimum Gasteiger partial charge on any atom is -0.387 e. The number of rotatable bonds is 5. The van der Waals surface area contributed by atoms with Crippen LogP contribution in [-0.2, 0) is 4.74 Å². The molecule has 0 saturated carbocycles. The third-order valence-electron chi connectivity index (χ3n) is 5.76. The number of nitrogens with two attached hydrogens (primary N) is 1. The van der Waals surface area contributed by atoms with Crippen LogP contribution >= 0.6 is 0 Å². The van der Waals surface area contributed by atoms with Gasteiger partial charge in [0.1, 0.15) is 54.0 Å². The number of hydrogen-bond donors (Lipinski definition) is 5. The number of hydrogen-bond acceptors (Lipinski definition) is 8. The molecule has 0 spiro atoms. The van der Waals surface area contributed by atoms with Crippen LogP contribution in [0.5, 0.6) is 0 Å². The van der Waals surface area contributed by atoms with Crippen LogP contribution in [0.1, 0.15) is 6.23 Å². The van der Waals surface area contributed by atoms with Crippen molar-refractivity contribution in [3.63, 3.8) is 0 Å². The summed E-state index contributed by atoms with van der Waals surface area (Å²) in [6, 6.07) is 11.5. The molecule has 1 fully saturated rings. The molecule has 0 amide bonds. The lowest BCUT2D eigenvalue weighted by Gasteiger charge is -2.18. The van der Waals surface area contributed by atoms with E-state index in [2.05, 4.69) is 15.3 Å². The maximum absolute atomic E-state index is 13.6. The van der Waals surface area contributed by atoms with Crippen LogP contribution in [0.15, 0.2) is 61.1 Å². The summed E-state index contributed by atoms with van der Waals surface area (Å²) in [4.78, 5) is 8.68. The average Bonchev–Trinajstić information content (AvgIpc) is 3.34. The highest BCUT2D eigenvalue weighted by Gasteiger charge is 2.46. The van der Waals surface area contributed by atoms with E-state index in [1.165, 1.54) is 35.2 Å². The van der Waals surface area contributed by atoms with E-state index in [0.717, 1.165) is 0 Å². The van der Waals surface area contributed by atoms with E-state index < -0.39 is 36.6 Å². The third-order valence-corrected chi connectivity index (χ3v) is 5.76. The van der Waals surface area contributed by atoms with Gasteiger partial charge in [0.2, 0.25) is 0 Å². The highest BCUT2D eigenvalue weighted by molar-refractivity contribution is 6.02. The molecule has 0 bridgehead atoms. The van der Waals surface area contributed by atoms with Crippen LogP contribution in [0.3, 0.4) is 0 Å². The second-order valence-corrected chi connectivity index (χ2v) is 7.97. The molecule has 34 heavy (non-hydrogen) atoms. The highest BCUT2D eigenvalue weighted by Crippen LogP contribution is 2.40. The van der Waals surface area contributed by atoms with Crippen molar-refractivity contribution < 1.29 is 28.8 Å². The van der Waals surface area contributed by atoms with E-state index in [4.69, 9.17) is 10.5 Å². The second-order valence-electron chi connectivity index (χ2n) is 7.97. The van der Waals surface area contributed by atoms with Gasteiger partial charge in [-0.05, 0) is 42.0 Å². The summed E-state index contributed by atoms with van der Waals surface area (Å²) in [6.07, 6.45) is -3.77. The van der Waals surface area contributed by atoms with Crippen LogP contribution in [0.2, 0.25) is 0 Å². The number of aromatic nitrogens is 3. The first kappa shape index (κ1) is 22.3. The standard InChI is InChI=1S/C23H21F2N5O4/c24-12-3-1-11(2-4-12)15-9-30(23-18(32)17(31)19(34-23)20(26)33)22-16(15)21(27-10-28-22)29-14-7-5-13(25)6-8-14/h1-10,17-20,23,31-33H,26H2,(H,27,28,29)/t17-,18+,19+,20?,23+/m0/s1. The van der Waals surface area contributed by atoms with Crippen LogP contribution in [0, 0.1) is 11.6 Å². The Bertz CT molecular complexity index is 1310. The van der Waals surface area contributed by atoms with Gasteiger partial charge in [-0.15, -0.1) is 0 Å². The summed E-state index contributed by atoms with van der Waals surface area (Å²) in [5.41, 5.74) is 7.61. The molecular formula is C23H21F2N5O4. The molecule has 6 N–H and O–H groups in total. The zero-order valence-corrected chi connectivity index (χ0v) is 17.6. The van der Waals surface area contributed by atoms with Gasteiger partial charge >= 0.3 is 0 Å². The van der Waals surface area contributed by atoms with E-state index in [0.29, 0.717) is 33.7 Å². The molecular weight excluding hydrogens is 448 g/mol. The summed E-state index contributed by atoms with van der Waals surface area (Å²) in [7, 11) is 0. The number of nitrogens with one attached hydrogen (secondary N) is 1. The van der Waals surface area contributed by atoms with Gasteiger partial charge in [0.15, 0.2) is 6.23 Å². The lowest BCUT2D eigenvalue weighted by atomic mass is 10.1. The average molecular weight is 469 g/mol. The number of nitrogens with zero attached hydrogens (tertiary/aromatic N) is 3. The number of aliphatic hydroxyl groups is 3. The largest absolute Gasteiger partial charge is 0.387 e. The van der Waals surface area contributed by atoms with Crippen LogP contribution in [0.25, 0.3) is 22.2 Å². The smallest absolute Gasteiger partial charge is 0.164 e. The molecule has 1 aliphatic rings. The number of benzene rings is 2. The molecule has 1 saturated heterocycles. The van der Waals surface area contributed by atoms with Crippen molar-refractivity contribution in [2.45, 2.75) is 30.8 Å². The number of fused-ring (bicyclic) bond motifs is 1. The van der Waals surface area contributed by atoms with Crippen LogP contribution in [-0.4, -0.2) is 54.4 Å². The van der Waals surface area contributed by atoms with E-state index >= 15 is 0 Å². The molecule has 4 aromatic rings. The Morgan fingerprint density at radius 3 is 2.24 bits per heavy atom. The van der Waals surface area contributed by atoms with Crippen LogP contribution in [0.4, 0.5) is 20.3 Å². The Morgan fingerprint density at radius 2 is 1.62 bits per heavy atom. The number of anilines is 2. The molecule has 5 rings (SSSR count).